The van der Waals surface area contributed by atoms with Crippen LogP contribution in [0.1, 0.15) is 46.5 Å². The molecule has 0 aliphatic carbocycles. The second-order valence-electron chi connectivity index (χ2n) is 5.30. The number of methoxy groups -OCH3 is 1. The van der Waals surface area contributed by atoms with Gasteiger partial charge < -0.3 is 15.0 Å². The lowest BCUT2D eigenvalue weighted by molar-refractivity contribution is -0.154. The Labute approximate surface area is 115 Å². The Morgan fingerprint density at radius 1 is 1.32 bits per heavy atom. The zero-order chi connectivity index (χ0) is 14.5. The zero-order valence-electron chi connectivity index (χ0n) is 12.5. The number of rotatable bonds is 7. The van der Waals surface area contributed by atoms with Crippen LogP contribution in [0.25, 0.3) is 0 Å². The molecule has 19 heavy (non-hydrogen) atoms. The summed E-state index contributed by atoms with van der Waals surface area (Å²) < 4.78 is 5.01. The average molecular weight is 270 g/mol. The Morgan fingerprint density at radius 2 is 2.00 bits per heavy atom. The average Bonchev–Trinajstić information content (AvgIpc) is 2.40. The van der Waals surface area contributed by atoms with Gasteiger partial charge in [0.05, 0.1) is 0 Å². The fourth-order valence-corrected chi connectivity index (χ4v) is 2.44. The number of amides is 2. The summed E-state index contributed by atoms with van der Waals surface area (Å²) in [7, 11) is 1.67. The maximum absolute atomic E-state index is 12.5. The Morgan fingerprint density at radius 3 is 2.53 bits per heavy atom. The highest BCUT2D eigenvalue weighted by molar-refractivity contribution is 5.99. The summed E-state index contributed by atoms with van der Waals surface area (Å²) in [6.45, 7) is 6.99. The molecule has 0 spiro atoms. The molecule has 2 atom stereocenters. The minimum absolute atomic E-state index is 0.0295. The molecule has 1 rings (SSSR count). The Balaban J connectivity index is 2.75. The van der Waals surface area contributed by atoms with Gasteiger partial charge in [0, 0.05) is 20.3 Å². The van der Waals surface area contributed by atoms with E-state index in [0.29, 0.717) is 26.0 Å². The van der Waals surface area contributed by atoms with Gasteiger partial charge in [0.2, 0.25) is 11.8 Å². The lowest BCUT2D eigenvalue weighted by Crippen LogP contribution is -2.69. The van der Waals surface area contributed by atoms with E-state index in [1.54, 1.807) is 18.9 Å². The summed E-state index contributed by atoms with van der Waals surface area (Å²) in [6.07, 6.45) is 3.04. The van der Waals surface area contributed by atoms with Gasteiger partial charge in [0.25, 0.3) is 0 Å². The van der Waals surface area contributed by atoms with E-state index >= 15 is 0 Å². The van der Waals surface area contributed by atoms with Crippen LogP contribution >= 0.6 is 0 Å². The molecule has 1 aliphatic heterocycles. The molecule has 1 heterocycles. The predicted octanol–water partition coefficient (Wildman–Crippen LogP) is 1.32. The van der Waals surface area contributed by atoms with Crippen LogP contribution in [0.3, 0.4) is 0 Å². The summed E-state index contributed by atoms with van der Waals surface area (Å²) in [4.78, 5) is 26.4. The van der Waals surface area contributed by atoms with Gasteiger partial charge in [-0.3, -0.25) is 9.59 Å². The van der Waals surface area contributed by atoms with Crippen LogP contribution in [0, 0.1) is 0 Å². The van der Waals surface area contributed by atoms with Gasteiger partial charge in [-0.15, -0.1) is 0 Å². The van der Waals surface area contributed by atoms with E-state index in [1.165, 1.54) is 0 Å². The van der Waals surface area contributed by atoms with Gasteiger partial charge in [-0.25, -0.2) is 0 Å². The predicted molar refractivity (Wildman–Crippen MR) is 73.7 cm³/mol. The van der Waals surface area contributed by atoms with Gasteiger partial charge in [-0.1, -0.05) is 13.8 Å². The maximum atomic E-state index is 12.5. The first-order valence-corrected chi connectivity index (χ1v) is 7.12. The topological polar surface area (TPSA) is 58.6 Å². The van der Waals surface area contributed by atoms with Crippen molar-refractivity contribution in [2.24, 2.45) is 0 Å². The summed E-state index contributed by atoms with van der Waals surface area (Å²) in [5.41, 5.74) is -0.746. The molecule has 2 unspecified atom stereocenters. The van der Waals surface area contributed by atoms with Gasteiger partial charge >= 0.3 is 0 Å². The molecule has 110 valence electrons. The van der Waals surface area contributed by atoms with Gasteiger partial charge in [-0.2, -0.15) is 0 Å². The van der Waals surface area contributed by atoms with Crippen molar-refractivity contribution in [3.63, 3.8) is 0 Å². The normalized spacial score (nSPS) is 27.6. The number of unbranched alkanes of at least 4 members (excludes halogenated alkanes) is 1. The first-order chi connectivity index (χ1) is 9.00. The van der Waals surface area contributed by atoms with Crippen LogP contribution in [0.15, 0.2) is 0 Å². The number of piperazine rings is 1. The van der Waals surface area contributed by atoms with Gasteiger partial charge in [0.15, 0.2) is 0 Å². The molecule has 1 aliphatic rings. The van der Waals surface area contributed by atoms with Crippen LogP contribution in [-0.2, 0) is 14.3 Å². The molecule has 0 radical (unpaired) electrons. The second-order valence-corrected chi connectivity index (χ2v) is 5.30. The van der Waals surface area contributed by atoms with Crippen molar-refractivity contribution in [2.75, 3.05) is 20.3 Å². The molecular formula is C14H26N2O3. The third-order valence-electron chi connectivity index (χ3n) is 3.90. The minimum atomic E-state index is -0.746. The summed E-state index contributed by atoms with van der Waals surface area (Å²) in [5.74, 6) is 0.0112. The molecule has 5 heteroatoms. The number of carbonyl (C=O) groups excluding carboxylic acids is 2. The molecule has 0 saturated carbocycles. The smallest absolute Gasteiger partial charge is 0.248 e. The fourth-order valence-electron chi connectivity index (χ4n) is 2.44. The van der Waals surface area contributed by atoms with Crippen LogP contribution < -0.4 is 5.32 Å². The van der Waals surface area contributed by atoms with E-state index in [4.69, 9.17) is 4.74 Å². The van der Waals surface area contributed by atoms with Gasteiger partial charge in [0.1, 0.15) is 11.6 Å². The van der Waals surface area contributed by atoms with Crippen LogP contribution in [0.4, 0.5) is 0 Å². The number of nitrogens with zero attached hydrogens (tertiary/aromatic N) is 1. The fraction of sp³-hybridized carbons (Fsp3) is 0.857. The van der Waals surface area contributed by atoms with Crippen molar-refractivity contribution in [1.29, 1.82) is 0 Å². The molecule has 1 saturated heterocycles. The largest absolute Gasteiger partial charge is 0.385 e. The van der Waals surface area contributed by atoms with Crippen molar-refractivity contribution in [3.8, 4) is 0 Å². The highest BCUT2D eigenvalue weighted by atomic mass is 16.5. The lowest BCUT2D eigenvalue weighted by atomic mass is 9.91. The maximum Gasteiger partial charge on any atom is 0.248 e. The van der Waals surface area contributed by atoms with Crippen LogP contribution in [-0.4, -0.2) is 48.6 Å². The van der Waals surface area contributed by atoms with Crippen molar-refractivity contribution >= 4 is 11.8 Å². The van der Waals surface area contributed by atoms with E-state index in [9.17, 15) is 9.59 Å². The highest BCUT2D eigenvalue weighted by Gasteiger charge is 2.45. The van der Waals surface area contributed by atoms with E-state index < -0.39 is 5.54 Å². The molecule has 1 N–H and O–H groups in total. The third-order valence-corrected chi connectivity index (χ3v) is 3.90. The summed E-state index contributed by atoms with van der Waals surface area (Å²) in [6, 6.07) is -0.324. The SMILES string of the molecule is CCC1C(=O)NC(C)(CC)C(=O)N1CCCCOC. The van der Waals surface area contributed by atoms with Gasteiger partial charge in [-0.05, 0) is 32.6 Å². The second kappa shape index (κ2) is 6.89. The van der Waals surface area contributed by atoms with Crippen molar-refractivity contribution < 1.29 is 14.3 Å². The zero-order valence-corrected chi connectivity index (χ0v) is 12.5. The quantitative estimate of drug-likeness (QED) is 0.710. The number of nitrogens with one attached hydrogen (secondary N) is 1. The number of hydrogen-bond donors (Lipinski definition) is 1. The standard InChI is InChI=1S/C14H26N2O3/c1-5-11-12(17)15-14(3,6-2)13(18)16(11)9-7-8-10-19-4/h11H,5-10H2,1-4H3,(H,15,17). The number of carbonyl (C=O) groups is 2. The lowest BCUT2D eigenvalue weighted by Gasteiger charge is -2.44. The number of hydrogen-bond acceptors (Lipinski definition) is 3. The van der Waals surface area contributed by atoms with Crippen molar-refractivity contribution in [2.45, 2.75) is 58.0 Å². The first-order valence-electron chi connectivity index (χ1n) is 7.12. The Kier molecular flexibility index (Phi) is 5.79. The number of ether oxygens (including phenoxy) is 1. The molecule has 0 aromatic carbocycles. The molecule has 2 amide bonds. The molecule has 0 bridgehead atoms. The third kappa shape index (κ3) is 3.47. The highest BCUT2D eigenvalue weighted by Crippen LogP contribution is 2.23. The molecule has 0 aromatic heterocycles. The van der Waals surface area contributed by atoms with E-state index in [-0.39, 0.29) is 17.9 Å². The minimum Gasteiger partial charge on any atom is -0.385 e. The molecule has 5 nitrogen and oxygen atoms in total. The monoisotopic (exact) mass is 270 g/mol. The van der Waals surface area contributed by atoms with E-state index in [1.807, 2.05) is 13.8 Å². The molecule has 1 fully saturated rings. The van der Waals surface area contributed by atoms with Crippen LogP contribution in [0.5, 0.6) is 0 Å². The van der Waals surface area contributed by atoms with E-state index in [2.05, 4.69) is 5.32 Å². The van der Waals surface area contributed by atoms with E-state index in [0.717, 1.165) is 12.8 Å². The molecule has 0 aromatic rings. The van der Waals surface area contributed by atoms with Crippen molar-refractivity contribution in [1.82, 2.24) is 10.2 Å². The first kappa shape index (κ1) is 16.0. The summed E-state index contributed by atoms with van der Waals surface area (Å²) in [5, 5.41) is 2.87. The summed E-state index contributed by atoms with van der Waals surface area (Å²) >= 11 is 0. The Bertz CT molecular complexity index is 333. The Hall–Kier alpha value is -1.10. The van der Waals surface area contributed by atoms with Crippen molar-refractivity contribution in [3.05, 3.63) is 0 Å². The molecular weight excluding hydrogens is 244 g/mol. The van der Waals surface area contributed by atoms with Crippen LogP contribution in [0.2, 0.25) is 0 Å².